The van der Waals surface area contributed by atoms with Gasteiger partial charge in [-0.3, -0.25) is 4.79 Å². The highest BCUT2D eigenvalue weighted by molar-refractivity contribution is 7.13. The second-order valence-electron chi connectivity index (χ2n) is 7.24. The molecular formula is C20H21N5O2S. The average Bonchev–Trinajstić information content (AvgIpc) is 3.36. The van der Waals surface area contributed by atoms with E-state index in [0.29, 0.717) is 30.5 Å². The van der Waals surface area contributed by atoms with Gasteiger partial charge in [0.25, 0.3) is 5.91 Å². The Morgan fingerprint density at radius 3 is 2.71 bits per heavy atom. The molecule has 1 fully saturated rings. The van der Waals surface area contributed by atoms with Crippen LogP contribution < -0.4 is 5.73 Å². The van der Waals surface area contributed by atoms with Crippen molar-refractivity contribution in [1.29, 1.82) is 0 Å². The molecule has 2 aliphatic rings. The SMILES string of the molecule is Nc1nc(C(=O)N2CCC3(CC2)OCCc2cn(-c4ccccc4)nc23)cs1. The summed E-state index contributed by atoms with van der Waals surface area (Å²) in [6.45, 7) is 1.92. The van der Waals surface area contributed by atoms with Crippen LogP contribution in [0.3, 0.4) is 0 Å². The number of hydrogen-bond acceptors (Lipinski definition) is 6. The van der Waals surface area contributed by atoms with Gasteiger partial charge in [-0.25, -0.2) is 9.67 Å². The lowest BCUT2D eigenvalue weighted by Crippen LogP contribution is -2.48. The summed E-state index contributed by atoms with van der Waals surface area (Å²) in [6, 6.07) is 10.1. The molecule has 28 heavy (non-hydrogen) atoms. The van der Waals surface area contributed by atoms with Crippen molar-refractivity contribution in [3.05, 3.63) is 58.9 Å². The number of aromatic nitrogens is 3. The first kappa shape index (κ1) is 17.4. The second kappa shape index (κ2) is 6.72. The average molecular weight is 395 g/mol. The van der Waals surface area contributed by atoms with Crippen LogP contribution in [0.2, 0.25) is 0 Å². The standard InChI is InChI=1S/C20H21N5O2S/c21-19-22-16(13-28-19)18(26)24-9-7-20(8-10-24)17-14(6-11-27-20)12-25(23-17)15-4-2-1-3-5-15/h1-5,12-13H,6-11H2,(H2,21,22). The smallest absolute Gasteiger partial charge is 0.273 e. The zero-order valence-electron chi connectivity index (χ0n) is 15.4. The molecule has 1 saturated heterocycles. The van der Waals surface area contributed by atoms with Crippen molar-refractivity contribution in [2.75, 3.05) is 25.4 Å². The molecule has 0 bridgehead atoms. The quantitative estimate of drug-likeness (QED) is 0.721. The molecular weight excluding hydrogens is 374 g/mol. The highest BCUT2D eigenvalue weighted by Gasteiger charge is 2.44. The molecule has 4 heterocycles. The Balaban J connectivity index is 1.38. The number of ether oxygens (including phenoxy) is 1. The van der Waals surface area contributed by atoms with Crippen LogP contribution >= 0.6 is 11.3 Å². The lowest BCUT2D eigenvalue weighted by Gasteiger charge is -2.42. The van der Waals surface area contributed by atoms with Gasteiger partial charge in [0.1, 0.15) is 11.3 Å². The molecule has 0 atom stereocenters. The normalized spacial score (nSPS) is 18.2. The maximum Gasteiger partial charge on any atom is 0.273 e. The number of rotatable bonds is 2. The number of amides is 1. The minimum absolute atomic E-state index is 0.0614. The van der Waals surface area contributed by atoms with Gasteiger partial charge in [-0.15, -0.1) is 11.3 Å². The monoisotopic (exact) mass is 395 g/mol. The third kappa shape index (κ3) is 2.89. The van der Waals surface area contributed by atoms with Gasteiger partial charge in [-0.1, -0.05) is 18.2 Å². The number of nitrogens with two attached hydrogens (primary N) is 1. The van der Waals surface area contributed by atoms with E-state index >= 15 is 0 Å². The van der Waals surface area contributed by atoms with Crippen LogP contribution in [0, 0.1) is 0 Å². The van der Waals surface area contributed by atoms with Crippen LogP contribution in [-0.2, 0) is 16.8 Å². The Hall–Kier alpha value is -2.71. The maximum atomic E-state index is 12.7. The zero-order valence-corrected chi connectivity index (χ0v) is 16.2. The number of hydrogen-bond donors (Lipinski definition) is 1. The van der Waals surface area contributed by atoms with Crippen molar-refractivity contribution < 1.29 is 9.53 Å². The van der Waals surface area contributed by atoms with Crippen LogP contribution in [0.25, 0.3) is 5.69 Å². The lowest BCUT2D eigenvalue weighted by atomic mass is 9.83. The summed E-state index contributed by atoms with van der Waals surface area (Å²) in [6.07, 6.45) is 4.45. The van der Waals surface area contributed by atoms with E-state index in [1.807, 2.05) is 39.9 Å². The predicted molar refractivity (Wildman–Crippen MR) is 107 cm³/mol. The van der Waals surface area contributed by atoms with E-state index in [-0.39, 0.29) is 5.91 Å². The number of carbonyl (C=O) groups excluding carboxylic acids is 1. The minimum atomic E-state index is -0.411. The summed E-state index contributed by atoms with van der Waals surface area (Å²) in [5.74, 6) is -0.0614. The summed E-state index contributed by atoms with van der Waals surface area (Å²) in [5.41, 5.74) is 8.99. The fourth-order valence-corrected chi connectivity index (χ4v) is 4.65. The summed E-state index contributed by atoms with van der Waals surface area (Å²) in [7, 11) is 0. The number of likely N-dealkylation sites (tertiary alicyclic amines) is 1. The van der Waals surface area contributed by atoms with E-state index in [2.05, 4.69) is 11.2 Å². The van der Waals surface area contributed by atoms with Crippen LogP contribution in [-0.4, -0.2) is 45.3 Å². The Morgan fingerprint density at radius 2 is 2.00 bits per heavy atom. The number of carbonyl (C=O) groups is 1. The van der Waals surface area contributed by atoms with Crippen molar-refractivity contribution in [3.63, 3.8) is 0 Å². The molecule has 3 aromatic rings. The van der Waals surface area contributed by atoms with E-state index in [1.165, 1.54) is 16.9 Å². The molecule has 7 nitrogen and oxygen atoms in total. The number of para-hydroxylation sites is 1. The first-order valence-corrected chi connectivity index (χ1v) is 10.3. The van der Waals surface area contributed by atoms with Gasteiger partial charge in [0, 0.05) is 24.7 Å². The number of anilines is 1. The van der Waals surface area contributed by atoms with E-state index in [4.69, 9.17) is 15.6 Å². The first-order chi connectivity index (χ1) is 13.6. The van der Waals surface area contributed by atoms with Crippen molar-refractivity contribution >= 4 is 22.4 Å². The molecule has 2 aromatic heterocycles. The molecule has 1 spiro atoms. The molecule has 5 rings (SSSR count). The molecule has 8 heteroatoms. The van der Waals surface area contributed by atoms with E-state index in [1.54, 1.807) is 5.38 Å². The summed E-state index contributed by atoms with van der Waals surface area (Å²) >= 11 is 1.29. The van der Waals surface area contributed by atoms with Crippen LogP contribution in [0.1, 0.15) is 34.6 Å². The maximum absolute atomic E-state index is 12.7. The van der Waals surface area contributed by atoms with Gasteiger partial charge in [0.05, 0.1) is 18.0 Å². The molecule has 144 valence electrons. The Bertz CT molecular complexity index is 1000. The molecule has 0 radical (unpaired) electrons. The van der Waals surface area contributed by atoms with Gasteiger partial charge in [-0.2, -0.15) is 5.10 Å². The van der Waals surface area contributed by atoms with E-state index in [9.17, 15) is 4.79 Å². The number of thiazole rings is 1. The van der Waals surface area contributed by atoms with Crippen molar-refractivity contribution in [3.8, 4) is 5.69 Å². The number of nitrogens with zero attached hydrogens (tertiary/aromatic N) is 4. The third-order valence-corrected chi connectivity index (χ3v) is 6.27. The molecule has 1 aromatic carbocycles. The van der Waals surface area contributed by atoms with Crippen molar-refractivity contribution in [1.82, 2.24) is 19.7 Å². The van der Waals surface area contributed by atoms with Gasteiger partial charge >= 0.3 is 0 Å². The first-order valence-electron chi connectivity index (χ1n) is 9.43. The number of fused-ring (bicyclic) bond motifs is 2. The third-order valence-electron chi connectivity index (χ3n) is 5.59. The Labute approximate surface area is 166 Å². The lowest BCUT2D eigenvalue weighted by molar-refractivity contribution is -0.0963. The fourth-order valence-electron chi connectivity index (χ4n) is 4.11. The number of nitrogen functional groups attached to an aromatic ring is 1. The van der Waals surface area contributed by atoms with Crippen molar-refractivity contribution in [2.24, 2.45) is 0 Å². The predicted octanol–water partition coefficient (Wildman–Crippen LogP) is 2.62. The summed E-state index contributed by atoms with van der Waals surface area (Å²) < 4.78 is 8.21. The van der Waals surface area contributed by atoms with Gasteiger partial charge in [0.2, 0.25) is 0 Å². The van der Waals surface area contributed by atoms with E-state index < -0.39 is 5.60 Å². The number of piperidine rings is 1. The molecule has 0 saturated carbocycles. The zero-order chi connectivity index (χ0) is 19.1. The molecule has 2 N–H and O–H groups in total. The van der Waals surface area contributed by atoms with Gasteiger partial charge in [-0.05, 0) is 37.0 Å². The number of benzene rings is 1. The molecule has 0 unspecified atom stereocenters. The molecule has 0 aliphatic carbocycles. The largest absolute Gasteiger partial charge is 0.375 e. The second-order valence-corrected chi connectivity index (χ2v) is 8.13. The highest BCUT2D eigenvalue weighted by Crippen LogP contribution is 2.41. The van der Waals surface area contributed by atoms with E-state index in [0.717, 1.165) is 30.6 Å². The fraction of sp³-hybridized carbons (Fsp3) is 0.350. The van der Waals surface area contributed by atoms with Gasteiger partial charge in [0.15, 0.2) is 5.13 Å². The van der Waals surface area contributed by atoms with Crippen LogP contribution in [0.5, 0.6) is 0 Å². The summed E-state index contributed by atoms with van der Waals surface area (Å²) in [4.78, 5) is 18.6. The molecule has 2 aliphatic heterocycles. The van der Waals surface area contributed by atoms with Crippen LogP contribution in [0.15, 0.2) is 41.9 Å². The molecule has 1 amide bonds. The Morgan fingerprint density at radius 1 is 1.21 bits per heavy atom. The Kier molecular flexibility index (Phi) is 4.17. The van der Waals surface area contributed by atoms with Crippen molar-refractivity contribution in [2.45, 2.75) is 24.9 Å². The van der Waals surface area contributed by atoms with Crippen LogP contribution in [0.4, 0.5) is 5.13 Å². The summed E-state index contributed by atoms with van der Waals surface area (Å²) in [5, 5.41) is 7.03. The highest BCUT2D eigenvalue weighted by atomic mass is 32.1. The minimum Gasteiger partial charge on any atom is -0.375 e. The van der Waals surface area contributed by atoms with Gasteiger partial charge < -0.3 is 15.4 Å². The topological polar surface area (TPSA) is 86.3 Å².